The van der Waals surface area contributed by atoms with Crippen molar-refractivity contribution in [2.45, 2.75) is 33.1 Å². The smallest absolute Gasteiger partial charge is 0.220 e. The van der Waals surface area contributed by atoms with E-state index >= 15 is 0 Å². The molecule has 202 valence electrons. The van der Waals surface area contributed by atoms with Gasteiger partial charge in [-0.25, -0.2) is 0 Å². The molecule has 2 aromatic carbocycles. The van der Waals surface area contributed by atoms with Crippen molar-refractivity contribution >= 4 is 22.5 Å². The van der Waals surface area contributed by atoms with Gasteiger partial charge < -0.3 is 19.0 Å². The molecular formula is C32H32O7. The van der Waals surface area contributed by atoms with Crippen LogP contribution in [-0.2, 0) is 20.7 Å². The highest BCUT2D eigenvalue weighted by atomic mass is 16.5. The summed E-state index contributed by atoms with van der Waals surface area (Å²) in [5, 5.41) is 10.2. The van der Waals surface area contributed by atoms with Gasteiger partial charge >= 0.3 is 0 Å². The average molecular weight is 529 g/mol. The van der Waals surface area contributed by atoms with E-state index in [0.717, 1.165) is 16.7 Å². The fourth-order valence-corrected chi connectivity index (χ4v) is 4.20. The molecular weight excluding hydrogens is 496 g/mol. The Morgan fingerprint density at radius 2 is 1.72 bits per heavy atom. The SMILES string of the molecule is C=CC(C1=CC(=O)C(OC)=CC1=O)c1ccccc1.COc1cc(O)c2c(=O)cc(C)oc2c1CC=C(C)C. The van der Waals surface area contributed by atoms with Gasteiger partial charge in [0.2, 0.25) is 5.78 Å². The second-order valence-electron chi connectivity index (χ2n) is 9.15. The summed E-state index contributed by atoms with van der Waals surface area (Å²) < 4.78 is 15.8. The Morgan fingerprint density at radius 1 is 1.03 bits per heavy atom. The van der Waals surface area contributed by atoms with Gasteiger partial charge in [0.15, 0.2) is 17.0 Å². The van der Waals surface area contributed by atoms with Gasteiger partial charge in [0, 0.05) is 35.3 Å². The summed E-state index contributed by atoms with van der Waals surface area (Å²) in [5.41, 5.74) is 3.42. The van der Waals surface area contributed by atoms with Crippen LogP contribution in [0.15, 0.2) is 99.5 Å². The standard InChI is InChI=1S/C16H18O4.C16H14O3/c1-9(2)5-6-11-14(19-4)8-13(18)15-12(17)7-10(3)20-16(11)15;1-3-12(11-7-5-4-6-8-11)13-9-15(18)16(19-2)10-14(13)17/h5,7-8,18H,6H2,1-4H3;3-10,12H,1H2,2H3. The maximum atomic E-state index is 12.1. The Bertz CT molecular complexity index is 1550. The van der Waals surface area contributed by atoms with E-state index in [1.165, 1.54) is 38.5 Å². The minimum absolute atomic E-state index is 0.0737. The lowest BCUT2D eigenvalue weighted by Crippen LogP contribution is -2.18. The van der Waals surface area contributed by atoms with Crippen molar-refractivity contribution in [2.75, 3.05) is 14.2 Å². The first kappa shape index (κ1) is 28.9. The molecule has 3 aromatic rings. The van der Waals surface area contributed by atoms with Crippen LogP contribution < -0.4 is 10.2 Å². The van der Waals surface area contributed by atoms with Crippen molar-refractivity contribution < 1.29 is 28.6 Å². The summed E-state index contributed by atoms with van der Waals surface area (Å²) in [6.07, 6.45) is 6.83. The van der Waals surface area contributed by atoms with Gasteiger partial charge in [-0.15, -0.1) is 6.58 Å². The fourth-order valence-electron chi connectivity index (χ4n) is 4.20. The lowest BCUT2D eigenvalue weighted by atomic mass is 9.85. The highest BCUT2D eigenvalue weighted by Gasteiger charge is 2.26. The molecule has 0 aliphatic heterocycles. The average Bonchev–Trinajstić information content (AvgIpc) is 2.90. The number of methoxy groups -OCH3 is 2. The molecule has 0 fully saturated rings. The molecule has 0 saturated heterocycles. The number of ketones is 2. The third kappa shape index (κ3) is 6.62. The molecule has 1 aliphatic carbocycles. The minimum atomic E-state index is -0.292. The van der Waals surface area contributed by atoms with Gasteiger partial charge in [0.05, 0.1) is 14.2 Å². The number of fused-ring (bicyclic) bond motifs is 1. The van der Waals surface area contributed by atoms with E-state index in [9.17, 15) is 19.5 Å². The molecule has 1 aromatic heterocycles. The first-order valence-corrected chi connectivity index (χ1v) is 12.3. The maximum Gasteiger partial charge on any atom is 0.220 e. The quantitative estimate of drug-likeness (QED) is 0.301. The molecule has 4 rings (SSSR count). The molecule has 7 nitrogen and oxygen atoms in total. The van der Waals surface area contributed by atoms with Crippen molar-refractivity contribution in [2.24, 2.45) is 0 Å². The van der Waals surface area contributed by atoms with Crippen LogP contribution in [0.25, 0.3) is 11.0 Å². The molecule has 1 heterocycles. The van der Waals surface area contributed by atoms with Crippen LogP contribution in [0.3, 0.4) is 0 Å². The number of aryl methyl sites for hydroxylation is 1. The number of benzene rings is 2. The largest absolute Gasteiger partial charge is 0.507 e. The highest BCUT2D eigenvalue weighted by molar-refractivity contribution is 6.19. The number of ether oxygens (including phenoxy) is 2. The monoisotopic (exact) mass is 528 g/mol. The molecule has 7 heteroatoms. The van der Waals surface area contributed by atoms with Crippen LogP contribution in [0, 0.1) is 6.92 Å². The zero-order valence-corrected chi connectivity index (χ0v) is 22.7. The van der Waals surface area contributed by atoms with E-state index in [-0.39, 0.29) is 39.8 Å². The van der Waals surface area contributed by atoms with Crippen LogP contribution in [0.5, 0.6) is 11.5 Å². The number of phenols is 1. The number of carbonyl (C=O) groups excluding carboxylic acids is 2. The molecule has 0 amide bonds. The van der Waals surface area contributed by atoms with Gasteiger partial charge in [-0.3, -0.25) is 14.4 Å². The van der Waals surface area contributed by atoms with E-state index < -0.39 is 0 Å². The van der Waals surface area contributed by atoms with E-state index in [1.54, 1.807) is 13.0 Å². The summed E-state index contributed by atoms with van der Waals surface area (Å²) >= 11 is 0. The number of phenolic OH excluding ortho intramolecular Hbond substituents is 1. The molecule has 1 N–H and O–H groups in total. The summed E-state index contributed by atoms with van der Waals surface area (Å²) in [6, 6.07) is 12.3. The van der Waals surface area contributed by atoms with E-state index in [1.807, 2.05) is 50.3 Å². The van der Waals surface area contributed by atoms with Crippen molar-refractivity contribution in [3.8, 4) is 11.5 Å². The van der Waals surface area contributed by atoms with Gasteiger partial charge in [-0.05, 0) is 38.8 Å². The van der Waals surface area contributed by atoms with Crippen molar-refractivity contribution in [1.29, 1.82) is 0 Å². The number of hydrogen-bond donors (Lipinski definition) is 1. The Labute approximate surface area is 227 Å². The first-order valence-electron chi connectivity index (χ1n) is 12.3. The number of hydrogen-bond acceptors (Lipinski definition) is 7. The number of aromatic hydroxyl groups is 1. The van der Waals surface area contributed by atoms with Gasteiger partial charge in [0.25, 0.3) is 0 Å². The molecule has 0 saturated carbocycles. The normalized spacial score (nSPS) is 13.5. The van der Waals surface area contributed by atoms with Crippen LogP contribution >= 0.6 is 0 Å². The van der Waals surface area contributed by atoms with E-state index in [4.69, 9.17) is 13.9 Å². The second-order valence-corrected chi connectivity index (χ2v) is 9.15. The Kier molecular flexibility index (Phi) is 9.44. The van der Waals surface area contributed by atoms with Crippen LogP contribution in [0.2, 0.25) is 0 Å². The van der Waals surface area contributed by atoms with Gasteiger partial charge in [-0.2, -0.15) is 0 Å². The predicted octanol–water partition coefficient (Wildman–Crippen LogP) is 5.89. The molecule has 1 atom stereocenters. The van der Waals surface area contributed by atoms with Crippen LogP contribution in [-0.4, -0.2) is 30.9 Å². The lowest BCUT2D eigenvalue weighted by molar-refractivity contribution is -0.117. The summed E-state index contributed by atoms with van der Waals surface area (Å²) in [5.74, 6) is 0.184. The number of allylic oxidation sites excluding steroid dienone is 6. The summed E-state index contributed by atoms with van der Waals surface area (Å²) in [4.78, 5) is 35.9. The lowest BCUT2D eigenvalue weighted by Gasteiger charge is -2.18. The first-order chi connectivity index (χ1) is 18.6. The molecule has 39 heavy (non-hydrogen) atoms. The highest BCUT2D eigenvalue weighted by Crippen LogP contribution is 2.34. The van der Waals surface area contributed by atoms with Gasteiger partial charge in [-0.1, -0.05) is 48.1 Å². The molecule has 1 unspecified atom stereocenters. The van der Waals surface area contributed by atoms with Crippen molar-refractivity contribution in [1.82, 2.24) is 0 Å². The van der Waals surface area contributed by atoms with E-state index in [2.05, 4.69) is 6.58 Å². The molecule has 0 spiro atoms. The minimum Gasteiger partial charge on any atom is -0.507 e. The van der Waals surface area contributed by atoms with Gasteiger partial charge in [0.1, 0.15) is 28.2 Å². The second kappa shape index (κ2) is 12.7. The third-order valence-corrected chi connectivity index (χ3v) is 6.13. The third-order valence-electron chi connectivity index (χ3n) is 6.13. The zero-order chi connectivity index (χ0) is 28.7. The van der Waals surface area contributed by atoms with Crippen molar-refractivity contribution in [3.63, 3.8) is 0 Å². The van der Waals surface area contributed by atoms with Crippen molar-refractivity contribution in [3.05, 3.63) is 117 Å². The predicted molar refractivity (Wildman–Crippen MR) is 151 cm³/mol. The number of rotatable bonds is 7. The van der Waals surface area contributed by atoms with Crippen LogP contribution in [0.4, 0.5) is 0 Å². The Balaban J connectivity index is 0.000000216. The summed E-state index contributed by atoms with van der Waals surface area (Å²) in [7, 11) is 2.90. The molecule has 1 aliphatic rings. The summed E-state index contributed by atoms with van der Waals surface area (Å²) in [6.45, 7) is 9.46. The number of carbonyl (C=O) groups is 2. The van der Waals surface area contributed by atoms with E-state index in [0.29, 0.717) is 29.1 Å². The fraction of sp³-hybridized carbons (Fsp3) is 0.219. The van der Waals surface area contributed by atoms with Crippen LogP contribution in [0.1, 0.15) is 36.7 Å². The molecule has 0 radical (unpaired) electrons. The molecule has 0 bridgehead atoms. The Hall–Kier alpha value is -4.65. The zero-order valence-electron chi connectivity index (χ0n) is 22.7. The maximum absolute atomic E-state index is 12.1. The topological polar surface area (TPSA) is 103 Å². The Morgan fingerprint density at radius 3 is 2.31 bits per heavy atom.